The van der Waals surface area contributed by atoms with E-state index in [0.717, 1.165) is 0 Å². The highest BCUT2D eigenvalue weighted by Gasteiger charge is 2.15. The summed E-state index contributed by atoms with van der Waals surface area (Å²) < 4.78 is 0. The van der Waals surface area contributed by atoms with Crippen molar-refractivity contribution in [1.82, 2.24) is 0 Å². The van der Waals surface area contributed by atoms with E-state index in [1.165, 1.54) is 6.08 Å². The lowest BCUT2D eigenvalue weighted by atomic mass is 9.98. The molecule has 0 radical (unpaired) electrons. The summed E-state index contributed by atoms with van der Waals surface area (Å²) >= 11 is 12.0. The van der Waals surface area contributed by atoms with Crippen molar-refractivity contribution in [3.8, 4) is 6.07 Å². The van der Waals surface area contributed by atoms with Crippen molar-refractivity contribution in [2.75, 3.05) is 0 Å². The number of halogens is 2. The Morgan fingerprint density at radius 3 is 2.55 bits per heavy atom. The molecule has 4 heteroatoms. The number of ketones is 1. The van der Waals surface area contributed by atoms with E-state index in [-0.39, 0.29) is 5.78 Å². The molecule has 0 aliphatic carbocycles. The van der Waals surface area contributed by atoms with Crippen molar-refractivity contribution in [3.63, 3.8) is 0 Å². The van der Waals surface area contributed by atoms with E-state index in [2.05, 4.69) is 0 Å². The van der Waals surface area contributed by atoms with Crippen molar-refractivity contribution in [2.45, 2.75) is 0 Å². The van der Waals surface area contributed by atoms with Gasteiger partial charge in [-0.1, -0.05) is 41.4 Å². The molecule has 98 valence electrons. The first-order valence-electron chi connectivity index (χ1n) is 5.78. The second-order valence-electron chi connectivity index (χ2n) is 4.00. The highest BCUT2D eigenvalue weighted by molar-refractivity contribution is 6.35. The summed E-state index contributed by atoms with van der Waals surface area (Å²) in [6.07, 6.45) is 2.88. The van der Waals surface area contributed by atoms with Crippen LogP contribution in [0.5, 0.6) is 0 Å². The van der Waals surface area contributed by atoms with Crippen molar-refractivity contribution < 1.29 is 4.79 Å². The molecule has 0 amide bonds. The van der Waals surface area contributed by atoms with Gasteiger partial charge < -0.3 is 0 Å². The summed E-state index contributed by atoms with van der Waals surface area (Å²) in [5.41, 5.74) is 1.45. The standard InChI is InChI=1S/C16H9Cl2NO/c17-12-8-7-11(4-3-9-19)14(10-12)16(20)13-5-1-2-6-15(13)18/h1-8,10H/b4-3+. The summed E-state index contributed by atoms with van der Waals surface area (Å²) in [7, 11) is 0. The van der Waals surface area contributed by atoms with Crippen LogP contribution in [0.25, 0.3) is 6.08 Å². The average Bonchev–Trinajstić information content (AvgIpc) is 2.46. The quantitative estimate of drug-likeness (QED) is 0.606. The van der Waals surface area contributed by atoms with E-state index in [1.807, 2.05) is 6.07 Å². The number of hydrogen-bond donors (Lipinski definition) is 0. The Hall–Kier alpha value is -2.08. The van der Waals surface area contributed by atoms with Gasteiger partial charge in [-0.2, -0.15) is 5.26 Å². The zero-order valence-electron chi connectivity index (χ0n) is 10.3. The second-order valence-corrected chi connectivity index (χ2v) is 4.85. The third-order valence-corrected chi connectivity index (χ3v) is 3.28. The predicted molar refractivity (Wildman–Crippen MR) is 81.0 cm³/mol. The molecule has 0 heterocycles. The maximum absolute atomic E-state index is 12.5. The molecule has 0 unspecified atom stereocenters. The van der Waals surface area contributed by atoms with Crippen LogP contribution < -0.4 is 0 Å². The summed E-state index contributed by atoms with van der Waals surface area (Å²) in [5, 5.41) is 9.44. The number of rotatable bonds is 3. The van der Waals surface area contributed by atoms with Gasteiger partial charge >= 0.3 is 0 Å². The van der Waals surface area contributed by atoms with Gasteiger partial charge in [0.2, 0.25) is 0 Å². The number of allylic oxidation sites excluding steroid dienone is 1. The van der Waals surface area contributed by atoms with Crippen LogP contribution in [0.3, 0.4) is 0 Å². The van der Waals surface area contributed by atoms with Gasteiger partial charge in [0.1, 0.15) is 0 Å². The van der Waals surface area contributed by atoms with Gasteiger partial charge in [-0.05, 0) is 35.9 Å². The molecule has 0 spiro atoms. The summed E-state index contributed by atoms with van der Waals surface area (Å²) in [6, 6.07) is 13.6. The monoisotopic (exact) mass is 301 g/mol. The Morgan fingerprint density at radius 1 is 1.10 bits per heavy atom. The number of carbonyl (C=O) groups is 1. The number of hydrogen-bond acceptors (Lipinski definition) is 2. The maximum atomic E-state index is 12.5. The minimum atomic E-state index is -0.226. The molecule has 0 aliphatic rings. The van der Waals surface area contributed by atoms with Crippen LogP contribution in [-0.4, -0.2) is 5.78 Å². The van der Waals surface area contributed by atoms with Gasteiger partial charge in [0.25, 0.3) is 0 Å². The number of nitrogens with zero attached hydrogens (tertiary/aromatic N) is 1. The van der Waals surface area contributed by atoms with E-state index in [1.54, 1.807) is 48.5 Å². The molecule has 2 rings (SSSR count). The largest absolute Gasteiger partial charge is 0.289 e. The fourth-order valence-corrected chi connectivity index (χ4v) is 2.18. The Labute approximate surface area is 126 Å². The summed E-state index contributed by atoms with van der Waals surface area (Å²) in [5.74, 6) is -0.226. The van der Waals surface area contributed by atoms with E-state index in [4.69, 9.17) is 28.5 Å². The zero-order valence-corrected chi connectivity index (χ0v) is 11.8. The van der Waals surface area contributed by atoms with Gasteiger partial charge in [0.15, 0.2) is 5.78 Å². The SMILES string of the molecule is N#C/C=C/c1ccc(Cl)cc1C(=O)c1ccccc1Cl. The van der Waals surface area contributed by atoms with Gasteiger partial charge in [-0.15, -0.1) is 0 Å². The molecule has 2 nitrogen and oxygen atoms in total. The first-order valence-corrected chi connectivity index (χ1v) is 6.54. The first-order chi connectivity index (χ1) is 9.63. The van der Waals surface area contributed by atoms with E-state index >= 15 is 0 Å². The Balaban J connectivity index is 2.55. The number of benzene rings is 2. The van der Waals surface area contributed by atoms with Crippen LogP contribution >= 0.6 is 23.2 Å². The molecular formula is C16H9Cl2NO. The zero-order chi connectivity index (χ0) is 14.5. The van der Waals surface area contributed by atoms with Crippen LogP contribution in [0.2, 0.25) is 10.0 Å². The highest BCUT2D eigenvalue weighted by atomic mass is 35.5. The van der Waals surface area contributed by atoms with Gasteiger partial charge in [-0.25, -0.2) is 0 Å². The molecule has 0 fully saturated rings. The topological polar surface area (TPSA) is 40.9 Å². The van der Waals surface area contributed by atoms with Crippen molar-refractivity contribution in [1.29, 1.82) is 5.26 Å². The number of nitriles is 1. The summed E-state index contributed by atoms with van der Waals surface area (Å²) in [4.78, 5) is 12.5. The number of carbonyl (C=O) groups excluding carboxylic acids is 1. The van der Waals surface area contributed by atoms with Crippen molar-refractivity contribution in [3.05, 3.63) is 75.3 Å². The van der Waals surface area contributed by atoms with Gasteiger partial charge in [0.05, 0.1) is 11.1 Å². The molecule has 0 aromatic heterocycles. The van der Waals surface area contributed by atoms with Gasteiger partial charge in [-0.3, -0.25) is 4.79 Å². The van der Waals surface area contributed by atoms with Crippen molar-refractivity contribution in [2.24, 2.45) is 0 Å². The molecule has 0 N–H and O–H groups in total. The van der Waals surface area contributed by atoms with Crippen molar-refractivity contribution >= 4 is 35.1 Å². The molecule has 0 aliphatic heterocycles. The minimum absolute atomic E-state index is 0.226. The van der Waals surface area contributed by atoms with Crippen LogP contribution in [0.4, 0.5) is 0 Å². The molecule has 20 heavy (non-hydrogen) atoms. The van der Waals surface area contributed by atoms with E-state index in [0.29, 0.717) is 26.7 Å². The predicted octanol–water partition coefficient (Wildman–Crippen LogP) is 4.76. The van der Waals surface area contributed by atoms with Crippen LogP contribution in [-0.2, 0) is 0 Å². The fourth-order valence-electron chi connectivity index (χ4n) is 1.79. The average molecular weight is 302 g/mol. The van der Waals surface area contributed by atoms with E-state index in [9.17, 15) is 4.79 Å². The lowest BCUT2D eigenvalue weighted by molar-refractivity contribution is 0.103. The first kappa shape index (κ1) is 14.3. The third-order valence-electron chi connectivity index (χ3n) is 2.72. The Bertz CT molecular complexity index is 729. The lowest BCUT2D eigenvalue weighted by Crippen LogP contribution is -2.04. The third kappa shape index (κ3) is 3.08. The lowest BCUT2D eigenvalue weighted by Gasteiger charge is -2.07. The summed E-state index contributed by atoms with van der Waals surface area (Å²) in [6.45, 7) is 0. The molecule has 2 aromatic carbocycles. The fraction of sp³-hybridized carbons (Fsp3) is 0. The molecule has 0 saturated heterocycles. The van der Waals surface area contributed by atoms with Crippen LogP contribution in [0.15, 0.2) is 48.5 Å². The molecular weight excluding hydrogens is 293 g/mol. The van der Waals surface area contributed by atoms with E-state index < -0.39 is 0 Å². The smallest absolute Gasteiger partial charge is 0.195 e. The normalized spacial score (nSPS) is 10.4. The second kappa shape index (κ2) is 6.38. The van der Waals surface area contributed by atoms with Gasteiger partial charge in [0, 0.05) is 22.2 Å². The Kier molecular flexibility index (Phi) is 4.57. The molecule has 2 aromatic rings. The van der Waals surface area contributed by atoms with Crippen LogP contribution in [0.1, 0.15) is 21.5 Å². The van der Waals surface area contributed by atoms with Crippen LogP contribution in [0, 0.1) is 11.3 Å². The minimum Gasteiger partial charge on any atom is -0.289 e. The Morgan fingerprint density at radius 2 is 1.85 bits per heavy atom. The molecule has 0 atom stereocenters. The molecule has 0 bridgehead atoms. The molecule has 0 saturated carbocycles. The maximum Gasteiger partial charge on any atom is 0.195 e. The highest BCUT2D eigenvalue weighted by Crippen LogP contribution is 2.24.